The molecule has 1 saturated carbocycles. The first-order valence-corrected chi connectivity index (χ1v) is 13.0. The van der Waals surface area contributed by atoms with Crippen LogP contribution in [0.15, 0.2) is 0 Å². The number of piperazine rings is 1. The summed E-state index contributed by atoms with van der Waals surface area (Å²) >= 11 is 13.3. The highest BCUT2D eigenvalue weighted by Gasteiger charge is 2.57. The van der Waals surface area contributed by atoms with Crippen molar-refractivity contribution in [2.24, 2.45) is 11.8 Å². The number of carboxylic acid groups (broad SMARTS) is 1. The van der Waals surface area contributed by atoms with Crippen LogP contribution < -0.4 is 10.2 Å². The van der Waals surface area contributed by atoms with Gasteiger partial charge in [-0.2, -0.15) is 0 Å². The van der Waals surface area contributed by atoms with E-state index in [1.54, 1.807) is 11.8 Å². The zero-order valence-electron chi connectivity index (χ0n) is 19.3. The normalized spacial score (nSPS) is 23.9. The van der Waals surface area contributed by atoms with Gasteiger partial charge in [0.15, 0.2) is 5.13 Å². The number of rotatable bonds is 6. The van der Waals surface area contributed by atoms with Crippen LogP contribution in [-0.2, 0) is 11.2 Å². The van der Waals surface area contributed by atoms with Gasteiger partial charge >= 0.3 is 5.97 Å². The number of thiazole rings is 1. The Morgan fingerprint density at radius 3 is 2.37 bits per heavy atom. The largest absolute Gasteiger partial charge is 0.477 e. The number of nitrogens with one attached hydrogen (secondary N) is 2. The molecule has 0 bridgehead atoms. The molecule has 1 aliphatic carbocycles. The number of aromatic amines is 1. The fourth-order valence-electron chi connectivity index (χ4n) is 4.92. The van der Waals surface area contributed by atoms with Gasteiger partial charge in [-0.1, -0.05) is 34.5 Å². The lowest BCUT2D eigenvalue weighted by Gasteiger charge is -2.32. The van der Waals surface area contributed by atoms with Gasteiger partial charge in [0.05, 0.1) is 22.2 Å². The van der Waals surface area contributed by atoms with E-state index >= 15 is 0 Å². The number of carboxylic acids is 1. The number of hydrogen-bond acceptors (Lipinski definition) is 7. The second kappa shape index (κ2) is 9.27. The van der Waals surface area contributed by atoms with Gasteiger partial charge in [-0.3, -0.25) is 9.59 Å². The minimum atomic E-state index is -1.07. The number of aromatic nitrogens is 2. The zero-order chi connectivity index (χ0) is 25.0. The highest BCUT2D eigenvalue weighted by Crippen LogP contribution is 2.48. The van der Waals surface area contributed by atoms with Gasteiger partial charge in [0.25, 0.3) is 5.91 Å². The molecule has 0 radical (unpaired) electrons. The lowest BCUT2D eigenvalue weighted by Crippen LogP contribution is -2.47. The van der Waals surface area contributed by atoms with Gasteiger partial charge in [-0.15, -0.1) is 0 Å². The Morgan fingerprint density at radius 2 is 1.80 bits per heavy atom. The fourth-order valence-corrected chi connectivity index (χ4v) is 6.28. The molecule has 3 N–H and O–H groups in total. The monoisotopic (exact) mass is 540 g/mol. The van der Waals surface area contributed by atoms with Crippen molar-refractivity contribution in [2.45, 2.75) is 19.4 Å². The third-order valence-corrected chi connectivity index (χ3v) is 9.19. The number of anilines is 1. The first kappa shape index (κ1) is 24.4. The number of nitrogens with zero attached hydrogens (tertiary/aromatic N) is 4. The number of piperidine rings is 1. The summed E-state index contributed by atoms with van der Waals surface area (Å²) in [6, 6.07) is 0.0226. The summed E-state index contributed by atoms with van der Waals surface area (Å²) in [6.07, 6.45) is -0.0138. The Kier molecular flexibility index (Phi) is 6.45. The maximum Gasteiger partial charge on any atom is 0.347 e. The molecule has 1 unspecified atom stereocenters. The first-order chi connectivity index (χ1) is 16.6. The SMILES string of the molecule is Cc1[nH]c(C(=O)NC2[C@H]3CN(c4nc(CC(=O)N5CCN(C)CC5)c(C(=O)O)s4)C[C@@H]23)c(Cl)c1Cl. The van der Waals surface area contributed by atoms with Crippen molar-refractivity contribution in [1.82, 2.24) is 25.1 Å². The highest BCUT2D eigenvalue weighted by molar-refractivity contribution is 7.17. The third-order valence-electron chi connectivity index (χ3n) is 7.10. The van der Waals surface area contributed by atoms with Crippen molar-refractivity contribution in [1.29, 1.82) is 0 Å². The van der Waals surface area contributed by atoms with Crippen molar-refractivity contribution in [3.8, 4) is 0 Å². The average molecular weight is 541 g/mol. The van der Waals surface area contributed by atoms with Gasteiger partial charge in [0, 0.05) is 62.8 Å². The van der Waals surface area contributed by atoms with E-state index in [9.17, 15) is 19.5 Å². The van der Waals surface area contributed by atoms with Crippen LogP contribution in [0.3, 0.4) is 0 Å². The molecular formula is C22H26Cl2N6O4S. The summed E-state index contributed by atoms with van der Waals surface area (Å²) in [5.41, 5.74) is 1.22. The topological polar surface area (TPSA) is 122 Å². The molecule has 5 rings (SSSR count). The lowest BCUT2D eigenvalue weighted by molar-refractivity contribution is -0.132. The van der Waals surface area contributed by atoms with Crippen molar-refractivity contribution < 1.29 is 19.5 Å². The van der Waals surface area contributed by atoms with Gasteiger partial charge in [-0.05, 0) is 14.0 Å². The smallest absolute Gasteiger partial charge is 0.347 e. The summed E-state index contributed by atoms with van der Waals surface area (Å²) in [5.74, 6) is -0.958. The van der Waals surface area contributed by atoms with E-state index in [2.05, 4.69) is 20.2 Å². The lowest BCUT2D eigenvalue weighted by atomic mass is 10.2. The predicted octanol–water partition coefficient (Wildman–Crippen LogP) is 1.97. The maximum absolute atomic E-state index is 12.8. The van der Waals surface area contributed by atoms with E-state index in [-0.39, 0.29) is 51.7 Å². The first-order valence-electron chi connectivity index (χ1n) is 11.4. The van der Waals surface area contributed by atoms with Crippen LogP contribution >= 0.6 is 34.5 Å². The van der Waals surface area contributed by atoms with Gasteiger partial charge < -0.3 is 30.1 Å². The van der Waals surface area contributed by atoms with E-state index < -0.39 is 5.97 Å². The number of amides is 2. The Bertz CT molecular complexity index is 1180. The average Bonchev–Trinajstić information content (AvgIpc) is 3.19. The quantitative estimate of drug-likeness (QED) is 0.511. The number of hydrogen-bond donors (Lipinski definition) is 3. The van der Waals surface area contributed by atoms with E-state index in [1.807, 2.05) is 11.9 Å². The van der Waals surface area contributed by atoms with Crippen LogP contribution in [0.2, 0.25) is 10.0 Å². The van der Waals surface area contributed by atoms with Crippen molar-refractivity contribution in [3.05, 3.63) is 32.0 Å². The molecule has 35 heavy (non-hydrogen) atoms. The maximum atomic E-state index is 12.8. The molecule has 2 aromatic rings. The number of carbonyl (C=O) groups excluding carboxylic acids is 2. The Balaban J connectivity index is 1.21. The van der Waals surface area contributed by atoms with Crippen molar-refractivity contribution in [3.63, 3.8) is 0 Å². The third kappa shape index (κ3) is 4.62. The molecule has 2 aromatic heterocycles. The number of halogens is 2. The summed E-state index contributed by atoms with van der Waals surface area (Å²) < 4.78 is 0. The molecule has 0 aromatic carbocycles. The molecule has 3 atom stereocenters. The van der Waals surface area contributed by atoms with E-state index in [0.717, 1.165) is 24.4 Å². The molecule has 3 fully saturated rings. The number of aromatic carboxylic acids is 1. The highest BCUT2D eigenvalue weighted by atomic mass is 35.5. The van der Waals surface area contributed by atoms with Gasteiger partial charge in [-0.25, -0.2) is 9.78 Å². The van der Waals surface area contributed by atoms with E-state index in [1.165, 1.54) is 0 Å². The van der Waals surface area contributed by atoms with Crippen LogP contribution in [-0.4, -0.2) is 95.0 Å². The van der Waals surface area contributed by atoms with Crippen LogP contribution in [0, 0.1) is 18.8 Å². The molecule has 10 nitrogen and oxygen atoms in total. The molecule has 2 amide bonds. The molecule has 2 aliphatic heterocycles. The van der Waals surface area contributed by atoms with Crippen LogP contribution in [0.1, 0.15) is 31.5 Å². The van der Waals surface area contributed by atoms with E-state index in [4.69, 9.17) is 23.2 Å². The summed E-state index contributed by atoms with van der Waals surface area (Å²) in [4.78, 5) is 50.8. The minimum absolute atomic E-state index is 0.0138. The number of aryl methyl sites for hydroxylation is 1. The molecule has 2 saturated heterocycles. The minimum Gasteiger partial charge on any atom is -0.477 e. The summed E-state index contributed by atoms with van der Waals surface area (Å²) in [7, 11) is 2.01. The molecule has 13 heteroatoms. The van der Waals surface area contributed by atoms with E-state index in [0.29, 0.717) is 47.7 Å². The Labute approximate surface area is 216 Å². The number of likely N-dealkylation sites (N-methyl/N-ethyl adjacent to an activating group) is 1. The van der Waals surface area contributed by atoms with Crippen LogP contribution in [0.4, 0.5) is 5.13 Å². The Morgan fingerprint density at radius 1 is 1.14 bits per heavy atom. The van der Waals surface area contributed by atoms with Gasteiger partial charge in [0.1, 0.15) is 10.6 Å². The summed E-state index contributed by atoms with van der Waals surface area (Å²) in [6.45, 7) is 5.95. The second-order valence-electron chi connectivity index (χ2n) is 9.42. The molecule has 188 valence electrons. The number of carbonyl (C=O) groups is 3. The predicted molar refractivity (Wildman–Crippen MR) is 133 cm³/mol. The van der Waals surface area contributed by atoms with Crippen molar-refractivity contribution in [2.75, 3.05) is 51.2 Å². The molecule has 4 heterocycles. The standard InChI is InChI=1S/C22H26Cl2N6O4S/c1-10-15(23)16(24)18(25-10)20(32)27-17-11-8-30(9-12(11)17)22-26-13(19(35-22)21(33)34)7-14(31)29-5-3-28(2)4-6-29/h11-12,17,25H,3-9H2,1-2H3,(H,27,32)(H,33,34)/t11-,12+,17?. The zero-order valence-corrected chi connectivity index (χ0v) is 21.6. The molecule has 0 spiro atoms. The Hall–Kier alpha value is -2.34. The van der Waals surface area contributed by atoms with Crippen molar-refractivity contribution >= 4 is 57.5 Å². The number of fused-ring (bicyclic) bond motifs is 1. The summed E-state index contributed by atoms with van der Waals surface area (Å²) in [5, 5.41) is 13.9. The second-order valence-corrected chi connectivity index (χ2v) is 11.2. The fraction of sp³-hybridized carbons (Fsp3) is 0.545. The molecular weight excluding hydrogens is 515 g/mol. The number of H-pyrrole nitrogens is 1. The van der Waals surface area contributed by atoms with Gasteiger partial charge in [0.2, 0.25) is 5.91 Å². The molecule has 3 aliphatic rings. The van der Waals surface area contributed by atoms with Crippen LogP contribution in [0.25, 0.3) is 0 Å². The van der Waals surface area contributed by atoms with Crippen LogP contribution in [0.5, 0.6) is 0 Å².